The fourth-order valence-corrected chi connectivity index (χ4v) is 2.10. The molecule has 1 heterocycles. The molecule has 0 saturated heterocycles. The van der Waals surface area contributed by atoms with Crippen LogP contribution in [0.5, 0.6) is 0 Å². The third-order valence-electron chi connectivity index (χ3n) is 3.09. The van der Waals surface area contributed by atoms with Crippen molar-refractivity contribution >= 4 is 17.2 Å². The fraction of sp³-hybridized carbons (Fsp3) is 0. The summed E-state index contributed by atoms with van der Waals surface area (Å²) in [5.41, 5.74) is 9.44. The van der Waals surface area contributed by atoms with Crippen LogP contribution < -0.4 is 5.73 Å². The number of pyridine rings is 1. The van der Waals surface area contributed by atoms with E-state index in [0.717, 1.165) is 16.8 Å². The van der Waals surface area contributed by atoms with Crippen molar-refractivity contribution in [3.05, 3.63) is 90.1 Å². The Morgan fingerprint density at radius 1 is 0.810 bits per heavy atom. The van der Waals surface area contributed by atoms with Gasteiger partial charge >= 0.3 is 0 Å². The molecule has 0 aliphatic carbocycles. The maximum Gasteiger partial charge on any atom is 0.154 e. The Morgan fingerprint density at radius 3 is 1.90 bits per heavy atom. The van der Waals surface area contributed by atoms with Gasteiger partial charge in [0, 0.05) is 29.1 Å². The average molecular weight is 273 g/mol. The summed E-state index contributed by atoms with van der Waals surface area (Å²) in [5, 5.41) is 0. The monoisotopic (exact) mass is 273 g/mol. The van der Waals surface area contributed by atoms with Gasteiger partial charge in [-0.1, -0.05) is 60.7 Å². The molecule has 3 rings (SSSR count). The molecular formula is C18H15N3. The van der Waals surface area contributed by atoms with Gasteiger partial charge in [0.2, 0.25) is 0 Å². The van der Waals surface area contributed by atoms with Gasteiger partial charge in [-0.15, -0.1) is 0 Å². The van der Waals surface area contributed by atoms with Crippen molar-refractivity contribution in [1.29, 1.82) is 0 Å². The molecule has 0 aliphatic rings. The van der Waals surface area contributed by atoms with Gasteiger partial charge in [0.15, 0.2) is 5.82 Å². The zero-order valence-corrected chi connectivity index (χ0v) is 11.5. The van der Waals surface area contributed by atoms with Gasteiger partial charge in [-0.25, -0.2) is 9.98 Å². The smallest absolute Gasteiger partial charge is 0.154 e. The van der Waals surface area contributed by atoms with Crippen LogP contribution in [0, 0.1) is 0 Å². The minimum absolute atomic E-state index is 0.609. The molecule has 0 fully saturated rings. The first-order valence-electron chi connectivity index (χ1n) is 6.74. The maximum absolute atomic E-state index is 5.80. The summed E-state index contributed by atoms with van der Waals surface area (Å²) in [4.78, 5) is 8.95. The second-order valence-corrected chi connectivity index (χ2v) is 4.64. The number of nitrogen functional groups attached to an aromatic ring is 1. The number of benzene rings is 2. The van der Waals surface area contributed by atoms with Gasteiger partial charge in [0.25, 0.3) is 0 Å². The number of hydrogen-bond acceptors (Lipinski definition) is 3. The normalized spacial score (nSPS) is 10.1. The van der Waals surface area contributed by atoms with E-state index >= 15 is 0 Å². The predicted octanol–water partition coefficient (Wildman–Crippen LogP) is 3.83. The van der Waals surface area contributed by atoms with Crippen molar-refractivity contribution in [2.24, 2.45) is 4.99 Å². The molecule has 0 unspecified atom stereocenters. The molecule has 0 spiro atoms. The lowest BCUT2D eigenvalue weighted by Gasteiger charge is -2.07. The van der Waals surface area contributed by atoms with Crippen molar-refractivity contribution in [1.82, 2.24) is 4.98 Å². The number of nitrogens with two attached hydrogens (primary N) is 1. The lowest BCUT2D eigenvalue weighted by molar-refractivity contribution is 1.27. The summed E-state index contributed by atoms with van der Waals surface area (Å²) in [6.45, 7) is 0. The van der Waals surface area contributed by atoms with E-state index in [4.69, 9.17) is 5.73 Å². The molecule has 0 radical (unpaired) electrons. The highest BCUT2D eigenvalue weighted by Crippen LogP contribution is 2.17. The van der Waals surface area contributed by atoms with Crippen LogP contribution in [0.1, 0.15) is 11.1 Å². The molecule has 2 aromatic carbocycles. The Kier molecular flexibility index (Phi) is 3.74. The first-order chi connectivity index (χ1) is 10.3. The van der Waals surface area contributed by atoms with E-state index in [-0.39, 0.29) is 0 Å². The highest BCUT2D eigenvalue weighted by Gasteiger charge is 2.07. The SMILES string of the molecule is Nc1ccnc(N=C(c2ccccc2)c2ccccc2)c1. The predicted molar refractivity (Wildman–Crippen MR) is 86.8 cm³/mol. The quantitative estimate of drug-likeness (QED) is 0.737. The zero-order chi connectivity index (χ0) is 14.5. The molecule has 102 valence electrons. The topological polar surface area (TPSA) is 51.3 Å². The highest BCUT2D eigenvalue weighted by molar-refractivity contribution is 6.13. The van der Waals surface area contributed by atoms with Crippen LogP contribution in [-0.4, -0.2) is 10.7 Å². The average Bonchev–Trinajstić information content (AvgIpc) is 2.54. The summed E-state index contributed by atoms with van der Waals surface area (Å²) in [7, 11) is 0. The molecule has 0 bridgehead atoms. The molecule has 0 amide bonds. The Balaban J connectivity index is 2.13. The van der Waals surface area contributed by atoms with Crippen LogP contribution in [0.2, 0.25) is 0 Å². The minimum Gasteiger partial charge on any atom is -0.399 e. The first kappa shape index (κ1) is 13.1. The molecular weight excluding hydrogens is 258 g/mol. The molecule has 0 saturated carbocycles. The van der Waals surface area contributed by atoms with Gasteiger partial charge in [-0.3, -0.25) is 0 Å². The van der Waals surface area contributed by atoms with Crippen LogP contribution in [0.4, 0.5) is 11.5 Å². The van der Waals surface area contributed by atoms with Gasteiger partial charge < -0.3 is 5.73 Å². The zero-order valence-electron chi connectivity index (χ0n) is 11.5. The van der Waals surface area contributed by atoms with E-state index in [1.165, 1.54) is 0 Å². The third kappa shape index (κ3) is 3.15. The largest absolute Gasteiger partial charge is 0.399 e. The molecule has 2 N–H and O–H groups in total. The van der Waals surface area contributed by atoms with Crippen LogP contribution in [0.3, 0.4) is 0 Å². The molecule has 0 aliphatic heterocycles. The second kappa shape index (κ2) is 6.01. The van der Waals surface area contributed by atoms with Crippen LogP contribution in [-0.2, 0) is 0 Å². The molecule has 21 heavy (non-hydrogen) atoms. The van der Waals surface area contributed by atoms with Crippen LogP contribution in [0.15, 0.2) is 84.0 Å². The van der Waals surface area contributed by atoms with Gasteiger partial charge in [-0.05, 0) is 6.07 Å². The molecule has 1 aromatic heterocycles. The van der Waals surface area contributed by atoms with Crippen LogP contribution >= 0.6 is 0 Å². The number of nitrogens with zero attached hydrogens (tertiary/aromatic N) is 2. The maximum atomic E-state index is 5.80. The van der Waals surface area contributed by atoms with Crippen molar-refractivity contribution in [3.8, 4) is 0 Å². The van der Waals surface area contributed by atoms with E-state index in [1.807, 2.05) is 60.7 Å². The number of rotatable bonds is 3. The Bertz CT molecular complexity index is 708. The van der Waals surface area contributed by atoms with E-state index < -0.39 is 0 Å². The molecule has 0 atom stereocenters. The van der Waals surface area contributed by atoms with Crippen molar-refractivity contribution in [2.45, 2.75) is 0 Å². The lowest BCUT2D eigenvalue weighted by Crippen LogP contribution is -2.02. The van der Waals surface area contributed by atoms with E-state index in [1.54, 1.807) is 18.3 Å². The molecule has 3 aromatic rings. The van der Waals surface area contributed by atoms with Crippen molar-refractivity contribution in [2.75, 3.05) is 5.73 Å². The number of aliphatic imine (C=N–C) groups is 1. The highest BCUT2D eigenvalue weighted by atomic mass is 14.9. The second-order valence-electron chi connectivity index (χ2n) is 4.64. The van der Waals surface area contributed by atoms with Gasteiger partial charge in [-0.2, -0.15) is 0 Å². The van der Waals surface area contributed by atoms with Crippen LogP contribution in [0.25, 0.3) is 0 Å². The summed E-state index contributed by atoms with van der Waals surface area (Å²) in [6.07, 6.45) is 1.67. The summed E-state index contributed by atoms with van der Waals surface area (Å²) in [5.74, 6) is 0.609. The Hall–Kier alpha value is -2.94. The number of aromatic nitrogens is 1. The Morgan fingerprint density at radius 2 is 1.38 bits per heavy atom. The summed E-state index contributed by atoms with van der Waals surface area (Å²) < 4.78 is 0. The van der Waals surface area contributed by atoms with Gasteiger partial charge in [0.05, 0.1) is 5.71 Å². The molecule has 3 heteroatoms. The van der Waals surface area contributed by atoms with Gasteiger partial charge in [0.1, 0.15) is 0 Å². The van der Waals surface area contributed by atoms with E-state index in [9.17, 15) is 0 Å². The Labute approximate surface area is 123 Å². The minimum atomic E-state index is 0.609. The van der Waals surface area contributed by atoms with Crippen molar-refractivity contribution < 1.29 is 0 Å². The lowest BCUT2D eigenvalue weighted by atomic mass is 10.0. The van der Waals surface area contributed by atoms with E-state index in [0.29, 0.717) is 11.5 Å². The first-order valence-corrected chi connectivity index (χ1v) is 6.74. The number of anilines is 1. The van der Waals surface area contributed by atoms with Crippen molar-refractivity contribution in [3.63, 3.8) is 0 Å². The van der Waals surface area contributed by atoms with E-state index in [2.05, 4.69) is 9.98 Å². The standard InChI is InChI=1S/C18H15N3/c19-16-11-12-20-17(13-16)21-18(14-7-3-1-4-8-14)15-9-5-2-6-10-15/h1-13H,(H2,19,20). The fourth-order valence-electron chi connectivity index (χ4n) is 2.10. The summed E-state index contributed by atoms with van der Waals surface area (Å²) >= 11 is 0. The molecule has 3 nitrogen and oxygen atoms in total. The number of hydrogen-bond donors (Lipinski definition) is 1. The summed E-state index contributed by atoms with van der Waals surface area (Å²) in [6, 6.07) is 23.7. The third-order valence-corrected chi connectivity index (χ3v) is 3.09.